The average Bonchev–Trinajstić information content (AvgIpc) is 2.95. The van der Waals surface area contributed by atoms with Crippen LogP contribution in [0.3, 0.4) is 0 Å². The van der Waals surface area contributed by atoms with E-state index in [2.05, 4.69) is 16.8 Å². The van der Waals surface area contributed by atoms with Gasteiger partial charge in [0.15, 0.2) is 0 Å². The van der Waals surface area contributed by atoms with Crippen molar-refractivity contribution in [3.63, 3.8) is 0 Å². The molecule has 6 heteroatoms. The standard InChI is InChI=1S/C17H23ClN4O/c1-3-13(2)17(23)21-8-6-20(7-9-21)11-15-12-22-10-14(18)4-5-16(22)19-15/h4-5,10,12-13H,3,6-9,11H2,1-2H3. The van der Waals surface area contributed by atoms with Gasteiger partial charge in [0.2, 0.25) is 5.91 Å². The molecule has 1 aliphatic rings. The summed E-state index contributed by atoms with van der Waals surface area (Å²) < 4.78 is 1.96. The second-order valence-corrected chi connectivity index (χ2v) is 6.69. The van der Waals surface area contributed by atoms with Crippen molar-refractivity contribution in [2.24, 2.45) is 5.92 Å². The summed E-state index contributed by atoms with van der Waals surface area (Å²) in [6.07, 6.45) is 4.80. The third kappa shape index (κ3) is 3.67. The van der Waals surface area contributed by atoms with E-state index in [1.165, 1.54) is 0 Å². The molecule has 0 radical (unpaired) electrons. The van der Waals surface area contributed by atoms with Crippen LogP contribution in [0.5, 0.6) is 0 Å². The van der Waals surface area contributed by atoms with Crippen LogP contribution in [0.1, 0.15) is 26.0 Å². The summed E-state index contributed by atoms with van der Waals surface area (Å²) in [7, 11) is 0. The Bertz CT molecular complexity index is 691. The number of imidazole rings is 1. The van der Waals surface area contributed by atoms with Crippen LogP contribution < -0.4 is 0 Å². The van der Waals surface area contributed by atoms with Crippen LogP contribution in [0.2, 0.25) is 5.02 Å². The van der Waals surface area contributed by atoms with Crippen molar-refractivity contribution in [2.45, 2.75) is 26.8 Å². The summed E-state index contributed by atoms with van der Waals surface area (Å²) >= 11 is 6.01. The summed E-state index contributed by atoms with van der Waals surface area (Å²) in [4.78, 5) is 21.2. The molecule has 0 bridgehead atoms. The van der Waals surface area contributed by atoms with Gasteiger partial charge in [0.25, 0.3) is 0 Å². The Hall–Kier alpha value is -1.59. The smallest absolute Gasteiger partial charge is 0.225 e. The van der Waals surface area contributed by atoms with E-state index in [0.717, 1.165) is 50.5 Å². The molecular weight excluding hydrogens is 312 g/mol. The Balaban J connectivity index is 1.58. The maximum atomic E-state index is 12.2. The van der Waals surface area contributed by atoms with E-state index in [-0.39, 0.29) is 11.8 Å². The SMILES string of the molecule is CCC(C)C(=O)N1CCN(Cc2cn3cc(Cl)ccc3n2)CC1. The quantitative estimate of drug-likeness (QED) is 0.863. The third-order valence-corrected chi connectivity index (χ3v) is 4.79. The summed E-state index contributed by atoms with van der Waals surface area (Å²) in [5, 5.41) is 0.707. The van der Waals surface area contributed by atoms with Gasteiger partial charge >= 0.3 is 0 Å². The lowest BCUT2D eigenvalue weighted by Gasteiger charge is -2.35. The molecule has 23 heavy (non-hydrogen) atoms. The molecule has 1 fully saturated rings. The zero-order valence-electron chi connectivity index (χ0n) is 13.7. The molecule has 0 aromatic carbocycles. The molecular formula is C17H23ClN4O. The zero-order valence-corrected chi connectivity index (χ0v) is 14.5. The highest BCUT2D eigenvalue weighted by molar-refractivity contribution is 6.30. The topological polar surface area (TPSA) is 40.9 Å². The van der Waals surface area contributed by atoms with Crippen molar-refractivity contribution in [3.8, 4) is 0 Å². The number of hydrogen-bond donors (Lipinski definition) is 0. The molecule has 1 aliphatic heterocycles. The van der Waals surface area contributed by atoms with Gasteiger partial charge in [-0.05, 0) is 18.6 Å². The Morgan fingerprint density at radius 1 is 1.26 bits per heavy atom. The van der Waals surface area contributed by atoms with Crippen LogP contribution in [0.15, 0.2) is 24.5 Å². The second kappa shape index (κ2) is 6.89. The fraction of sp³-hybridized carbons (Fsp3) is 0.529. The predicted octanol–water partition coefficient (Wildman–Crippen LogP) is 2.68. The van der Waals surface area contributed by atoms with Crippen LogP contribution in [-0.2, 0) is 11.3 Å². The first-order valence-electron chi connectivity index (χ1n) is 8.21. The van der Waals surface area contributed by atoms with Gasteiger partial charge in [-0.1, -0.05) is 25.4 Å². The molecule has 2 aromatic heterocycles. The van der Waals surface area contributed by atoms with Gasteiger partial charge in [-0.3, -0.25) is 9.69 Å². The molecule has 1 atom stereocenters. The number of amides is 1. The van der Waals surface area contributed by atoms with E-state index in [1.807, 2.05) is 40.8 Å². The summed E-state index contributed by atoms with van der Waals surface area (Å²) in [5.41, 5.74) is 1.95. The molecule has 3 heterocycles. The predicted molar refractivity (Wildman–Crippen MR) is 91.5 cm³/mol. The molecule has 5 nitrogen and oxygen atoms in total. The number of hydrogen-bond acceptors (Lipinski definition) is 3. The first-order valence-corrected chi connectivity index (χ1v) is 8.59. The monoisotopic (exact) mass is 334 g/mol. The van der Waals surface area contributed by atoms with E-state index in [4.69, 9.17) is 11.6 Å². The first kappa shape index (κ1) is 16.3. The molecule has 1 saturated heterocycles. The number of nitrogens with zero attached hydrogens (tertiary/aromatic N) is 4. The van der Waals surface area contributed by atoms with E-state index in [1.54, 1.807) is 0 Å². The van der Waals surface area contributed by atoms with Gasteiger partial charge in [0.1, 0.15) is 5.65 Å². The number of carbonyl (C=O) groups is 1. The number of carbonyl (C=O) groups excluding carboxylic acids is 1. The highest BCUT2D eigenvalue weighted by Crippen LogP contribution is 2.15. The lowest BCUT2D eigenvalue weighted by Crippen LogP contribution is -2.49. The van der Waals surface area contributed by atoms with Gasteiger partial charge in [-0.25, -0.2) is 4.98 Å². The Labute approximate surface area is 141 Å². The molecule has 0 N–H and O–H groups in total. The minimum atomic E-state index is 0.129. The van der Waals surface area contributed by atoms with Crippen molar-refractivity contribution >= 4 is 23.2 Å². The summed E-state index contributed by atoms with van der Waals surface area (Å²) in [6.45, 7) is 8.30. The molecule has 0 saturated carbocycles. The van der Waals surface area contributed by atoms with Crippen molar-refractivity contribution in [3.05, 3.63) is 35.2 Å². The highest BCUT2D eigenvalue weighted by atomic mass is 35.5. The average molecular weight is 335 g/mol. The molecule has 1 unspecified atom stereocenters. The van der Waals surface area contributed by atoms with Crippen LogP contribution in [0.4, 0.5) is 0 Å². The van der Waals surface area contributed by atoms with Crippen LogP contribution in [-0.4, -0.2) is 51.3 Å². The molecule has 0 aliphatic carbocycles. The lowest BCUT2D eigenvalue weighted by molar-refractivity contribution is -0.136. The number of aromatic nitrogens is 2. The van der Waals surface area contributed by atoms with Crippen LogP contribution >= 0.6 is 11.6 Å². The Morgan fingerprint density at radius 3 is 2.70 bits per heavy atom. The van der Waals surface area contributed by atoms with Crippen molar-refractivity contribution in [2.75, 3.05) is 26.2 Å². The lowest BCUT2D eigenvalue weighted by atomic mass is 10.1. The number of rotatable bonds is 4. The number of piperazine rings is 1. The largest absolute Gasteiger partial charge is 0.340 e. The van der Waals surface area contributed by atoms with E-state index in [0.29, 0.717) is 5.02 Å². The van der Waals surface area contributed by atoms with Gasteiger partial charge in [-0.2, -0.15) is 0 Å². The van der Waals surface area contributed by atoms with Gasteiger partial charge in [0.05, 0.1) is 10.7 Å². The van der Waals surface area contributed by atoms with Crippen molar-refractivity contribution < 1.29 is 4.79 Å². The van der Waals surface area contributed by atoms with E-state index >= 15 is 0 Å². The van der Waals surface area contributed by atoms with Crippen LogP contribution in [0.25, 0.3) is 5.65 Å². The second-order valence-electron chi connectivity index (χ2n) is 6.26. The van der Waals surface area contributed by atoms with E-state index in [9.17, 15) is 4.79 Å². The van der Waals surface area contributed by atoms with Crippen molar-refractivity contribution in [1.82, 2.24) is 19.2 Å². The molecule has 3 rings (SSSR count). The zero-order chi connectivity index (χ0) is 16.4. The third-order valence-electron chi connectivity index (χ3n) is 4.57. The Kier molecular flexibility index (Phi) is 4.87. The minimum absolute atomic E-state index is 0.129. The van der Waals surface area contributed by atoms with Gasteiger partial charge in [0, 0.05) is 51.0 Å². The maximum Gasteiger partial charge on any atom is 0.225 e. The summed E-state index contributed by atoms with van der Waals surface area (Å²) in [6, 6.07) is 3.78. The molecule has 2 aromatic rings. The van der Waals surface area contributed by atoms with Crippen molar-refractivity contribution in [1.29, 1.82) is 0 Å². The number of pyridine rings is 1. The fourth-order valence-corrected chi connectivity index (χ4v) is 3.10. The van der Waals surface area contributed by atoms with Gasteiger partial charge < -0.3 is 9.30 Å². The molecule has 124 valence electrons. The first-order chi connectivity index (χ1) is 11.1. The molecule has 0 spiro atoms. The normalized spacial score (nSPS) is 17.6. The number of halogens is 1. The maximum absolute atomic E-state index is 12.2. The van der Waals surface area contributed by atoms with Gasteiger partial charge in [-0.15, -0.1) is 0 Å². The summed E-state index contributed by atoms with van der Waals surface area (Å²) in [5.74, 6) is 0.416. The van der Waals surface area contributed by atoms with E-state index < -0.39 is 0 Å². The van der Waals surface area contributed by atoms with Crippen LogP contribution in [0, 0.1) is 5.92 Å². The highest BCUT2D eigenvalue weighted by Gasteiger charge is 2.24. The minimum Gasteiger partial charge on any atom is -0.340 e. The number of fused-ring (bicyclic) bond motifs is 1. The fourth-order valence-electron chi connectivity index (χ4n) is 2.94. The molecule has 1 amide bonds. The Morgan fingerprint density at radius 2 is 2.00 bits per heavy atom.